The van der Waals surface area contributed by atoms with Gasteiger partial charge in [0.05, 0.1) is 0 Å². The van der Waals surface area contributed by atoms with E-state index >= 15 is 0 Å². The summed E-state index contributed by atoms with van der Waals surface area (Å²) in [6, 6.07) is 9.81. The molecule has 0 radical (unpaired) electrons. The first-order chi connectivity index (χ1) is 7.79. The number of hydrogen-bond donors (Lipinski definition) is 0. The summed E-state index contributed by atoms with van der Waals surface area (Å²) in [5.41, 5.74) is 0.964. The van der Waals surface area contributed by atoms with Crippen LogP contribution in [0.4, 0.5) is 0 Å². The second-order valence-electron chi connectivity index (χ2n) is 3.58. The summed E-state index contributed by atoms with van der Waals surface area (Å²) in [6.45, 7) is 4.29. The maximum atomic E-state index is 5.58. The van der Waals surface area contributed by atoms with E-state index in [-0.39, 0.29) is 0 Å². The van der Waals surface area contributed by atoms with Gasteiger partial charge < -0.3 is 4.42 Å². The van der Waals surface area contributed by atoms with Crippen molar-refractivity contribution in [2.45, 2.75) is 30.7 Å². The van der Waals surface area contributed by atoms with Gasteiger partial charge in [-0.05, 0) is 18.6 Å². The first kappa shape index (κ1) is 11.2. The normalized spacial score (nSPS) is 12.6. The van der Waals surface area contributed by atoms with Gasteiger partial charge in [-0.25, -0.2) is 0 Å². The lowest BCUT2D eigenvalue weighted by molar-refractivity contribution is 0.464. The van der Waals surface area contributed by atoms with Gasteiger partial charge in [-0.2, -0.15) is 0 Å². The van der Waals surface area contributed by atoms with Gasteiger partial charge in [0.1, 0.15) is 0 Å². The Labute approximate surface area is 99.3 Å². The minimum atomic E-state index is 0.504. The SMILES string of the molecule is CCC(C)Sc1nnc(-c2ccccc2)o1. The second-order valence-corrected chi connectivity index (χ2v) is 4.97. The van der Waals surface area contributed by atoms with E-state index in [1.165, 1.54) is 0 Å². The smallest absolute Gasteiger partial charge is 0.277 e. The molecule has 1 aromatic heterocycles. The maximum absolute atomic E-state index is 5.58. The Morgan fingerprint density at radius 2 is 2.00 bits per heavy atom. The van der Waals surface area contributed by atoms with E-state index in [0.717, 1.165) is 12.0 Å². The average Bonchev–Trinajstić information content (AvgIpc) is 2.78. The summed E-state index contributed by atoms with van der Waals surface area (Å²) < 4.78 is 5.58. The molecular weight excluding hydrogens is 220 g/mol. The third kappa shape index (κ3) is 2.64. The van der Waals surface area contributed by atoms with Crippen molar-refractivity contribution in [2.24, 2.45) is 0 Å². The molecular formula is C12H14N2OS. The fourth-order valence-corrected chi connectivity index (χ4v) is 1.94. The fourth-order valence-electron chi connectivity index (χ4n) is 1.21. The number of thioether (sulfide) groups is 1. The standard InChI is InChI=1S/C12H14N2OS/c1-3-9(2)16-12-14-13-11(15-12)10-7-5-4-6-8-10/h4-9H,3H2,1-2H3. The first-order valence-corrected chi connectivity index (χ1v) is 6.23. The molecule has 3 nitrogen and oxygen atoms in total. The molecule has 0 aliphatic carbocycles. The quantitative estimate of drug-likeness (QED) is 0.757. The van der Waals surface area contributed by atoms with Gasteiger partial charge in [-0.15, -0.1) is 10.2 Å². The fraction of sp³-hybridized carbons (Fsp3) is 0.333. The van der Waals surface area contributed by atoms with Crippen LogP contribution >= 0.6 is 11.8 Å². The molecule has 2 rings (SSSR count). The third-order valence-corrected chi connectivity index (χ3v) is 3.41. The van der Waals surface area contributed by atoms with Gasteiger partial charge in [0.2, 0.25) is 5.89 Å². The predicted octanol–water partition coefficient (Wildman–Crippen LogP) is 3.63. The zero-order chi connectivity index (χ0) is 11.4. The first-order valence-electron chi connectivity index (χ1n) is 5.35. The number of aromatic nitrogens is 2. The highest BCUT2D eigenvalue weighted by Gasteiger charge is 2.10. The Morgan fingerprint density at radius 1 is 1.25 bits per heavy atom. The summed E-state index contributed by atoms with van der Waals surface area (Å²) >= 11 is 1.62. The van der Waals surface area contributed by atoms with Gasteiger partial charge in [-0.3, -0.25) is 0 Å². The zero-order valence-corrected chi connectivity index (χ0v) is 10.2. The van der Waals surface area contributed by atoms with Crippen LogP contribution in [0.5, 0.6) is 0 Å². The molecule has 84 valence electrons. The van der Waals surface area contributed by atoms with Crippen molar-refractivity contribution in [3.63, 3.8) is 0 Å². The Hall–Kier alpha value is -1.29. The minimum absolute atomic E-state index is 0.504. The van der Waals surface area contributed by atoms with Crippen molar-refractivity contribution in [2.75, 3.05) is 0 Å². The molecule has 1 unspecified atom stereocenters. The predicted molar refractivity (Wildman–Crippen MR) is 65.3 cm³/mol. The second kappa shape index (κ2) is 5.16. The number of benzene rings is 1. The van der Waals surface area contributed by atoms with E-state index in [1.54, 1.807) is 11.8 Å². The lowest BCUT2D eigenvalue weighted by Gasteiger charge is -2.01. The highest BCUT2D eigenvalue weighted by molar-refractivity contribution is 7.99. The minimum Gasteiger partial charge on any atom is -0.411 e. The van der Waals surface area contributed by atoms with Crippen LogP contribution in [0.1, 0.15) is 20.3 Å². The van der Waals surface area contributed by atoms with Crippen molar-refractivity contribution in [1.29, 1.82) is 0 Å². The molecule has 4 heteroatoms. The summed E-state index contributed by atoms with van der Waals surface area (Å²) in [4.78, 5) is 0. The largest absolute Gasteiger partial charge is 0.411 e. The van der Waals surface area contributed by atoms with Crippen LogP contribution in [0.15, 0.2) is 40.0 Å². The van der Waals surface area contributed by atoms with Gasteiger partial charge >= 0.3 is 0 Å². The monoisotopic (exact) mass is 234 g/mol. The lowest BCUT2D eigenvalue weighted by Crippen LogP contribution is -1.91. The summed E-state index contributed by atoms with van der Waals surface area (Å²) in [6.07, 6.45) is 1.09. The lowest BCUT2D eigenvalue weighted by atomic mass is 10.2. The highest BCUT2D eigenvalue weighted by atomic mass is 32.2. The molecule has 2 aromatic rings. The number of hydrogen-bond acceptors (Lipinski definition) is 4. The van der Waals surface area contributed by atoms with Crippen LogP contribution in [-0.4, -0.2) is 15.4 Å². The molecule has 1 heterocycles. The molecule has 0 aliphatic rings. The van der Waals surface area contributed by atoms with Crippen molar-refractivity contribution >= 4 is 11.8 Å². The maximum Gasteiger partial charge on any atom is 0.277 e. The average molecular weight is 234 g/mol. The van der Waals surface area contributed by atoms with Gasteiger partial charge in [0.15, 0.2) is 0 Å². The van der Waals surface area contributed by atoms with Crippen molar-refractivity contribution < 1.29 is 4.42 Å². The molecule has 0 spiro atoms. The van der Waals surface area contributed by atoms with Crippen LogP contribution in [0.3, 0.4) is 0 Å². The van der Waals surface area contributed by atoms with E-state index in [2.05, 4.69) is 24.0 Å². The molecule has 0 aliphatic heterocycles. The van der Waals surface area contributed by atoms with E-state index in [9.17, 15) is 0 Å². The Bertz CT molecular complexity index is 441. The van der Waals surface area contributed by atoms with Crippen molar-refractivity contribution in [1.82, 2.24) is 10.2 Å². The molecule has 0 saturated heterocycles. The van der Waals surface area contributed by atoms with Crippen LogP contribution in [0.25, 0.3) is 11.5 Å². The topological polar surface area (TPSA) is 38.9 Å². The van der Waals surface area contributed by atoms with E-state index in [4.69, 9.17) is 4.42 Å². The molecule has 1 aromatic carbocycles. The number of nitrogens with zero attached hydrogens (tertiary/aromatic N) is 2. The van der Waals surface area contributed by atoms with Crippen molar-refractivity contribution in [3.05, 3.63) is 30.3 Å². The highest BCUT2D eigenvalue weighted by Crippen LogP contribution is 2.26. The van der Waals surface area contributed by atoms with E-state index in [0.29, 0.717) is 16.4 Å². The van der Waals surface area contributed by atoms with Crippen molar-refractivity contribution in [3.8, 4) is 11.5 Å². The molecule has 0 fully saturated rings. The molecule has 16 heavy (non-hydrogen) atoms. The van der Waals surface area contributed by atoms with Crippen LogP contribution in [-0.2, 0) is 0 Å². The third-order valence-electron chi connectivity index (χ3n) is 2.30. The van der Waals surface area contributed by atoms with Gasteiger partial charge in [-0.1, -0.05) is 43.8 Å². The molecule has 1 atom stereocenters. The van der Waals surface area contributed by atoms with E-state index < -0.39 is 0 Å². The Balaban J connectivity index is 2.14. The van der Waals surface area contributed by atoms with Crippen LogP contribution in [0.2, 0.25) is 0 Å². The van der Waals surface area contributed by atoms with Gasteiger partial charge in [0, 0.05) is 10.8 Å². The van der Waals surface area contributed by atoms with Crippen LogP contribution < -0.4 is 0 Å². The Morgan fingerprint density at radius 3 is 2.69 bits per heavy atom. The van der Waals surface area contributed by atoms with Crippen LogP contribution in [0, 0.1) is 0 Å². The summed E-state index contributed by atoms with van der Waals surface area (Å²) in [5, 5.41) is 9.21. The van der Waals surface area contributed by atoms with Gasteiger partial charge in [0.25, 0.3) is 5.22 Å². The Kier molecular flexibility index (Phi) is 3.62. The molecule has 0 bridgehead atoms. The summed E-state index contributed by atoms with van der Waals surface area (Å²) in [5.74, 6) is 0.589. The zero-order valence-electron chi connectivity index (χ0n) is 9.38. The van der Waals surface area contributed by atoms with E-state index in [1.807, 2.05) is 30.3 Å². The molecule has 0 amide bonds. The summed E-state index contributed by atoms with van der Waals surface area (Å²) in [7, 11) is 0. The number of rotatable bonds is 4. The molecule has 0 saturated carbocycles. The molecule has 0 N–H and O–H groups in total.